The maximum absolute atomic E-state index is 12.8. The number of hydrogen-bond acceptors (Lipinski definition) is 3. The lowest BCUT2D eigenvalue weighted by Crippen LogP contribution is -2.66. The van der Waals surface area contributed by atoms with E-state index in [0.29, 0.717) is 17.4 Å². The maximum atomic E-state index is 12.8. The number of rotatable bonds is 1. The number of esters is 1. The van der Waals surface area contributed by atoms with E-state index in [1.807, 2.05) is 0 Å². The van der Waals surface area contributed by atoms with Gasteiger partial charge in [0.25, 0.3) is 0 Å². The molecule has 0 N–H and O–H groups in total. The molecule has 26 heavy (non-hydrogen) atoms. The first-order valence-corrected chi connectivity index (χ1v) is 11.1. The fourth-order valence-corrected chi connectivity index (χ4v) is 9.35. The number of hydrogen-bond donors (Lipinski definition) is 0. The summed E-state index contributed by atoms with van der Waals surface area (Å²) in [6.07, 6.45) is 9.03. The number of carbonyl (C=O) groups excluding carboxylic acids is 1. The highest BCUT2D eigenvalue weighted by molar-refractivity contribution is 5.75. The van der Waals surface area contributed by atoms with Crippen LogP contribution in [0.5, 0.6) is 0 Å². The highest BCUT2D eigenvalue weighted by Gasteiger charge is 2.74. The van der Waals surface area contributed by atoms with Crippen molar-refractivity contribution in [1.82, 2.24) is 4.90 Å². The van der Waals surface area contributed by atoms with Gasteiger partial charge in [-0.25, -0.2) is 0 Å². The molecule has 6 aliphatic rings. The van der Waals surface area contributed by atoms with E-state index < -0.39 is 0 Å². The Morgan fingerprint density at radius 3 is 2.81 bits per heavy atom. The molecule has 2 saturated carbocycles. The zero-order valence-corrected chi connectivity index (χ0v) is 16.6. The molecule has 4 bridgehead atoms. The van der Waals surface area contributed by atoms with E-state index in [-0.39, 0.29) is 17.3 Å². The van der Waals surface area contributed by atoms with Crippen LogP contribution in [-0.2, 0) is 9.53 Å². The van der Waals surface area contributed by atoms with Crippen molar-refractivity contribution in [3.8, 4) is 0 Å². The Balaban J connectivity index is 1.60. The molecule has 4 fully saturated rings. The summed E-state index contributed by atoms with van der Waals surface area (Å²) in [7, 11) is 1.60. The number of allylic oxidation sites excluding steroid dienone is 1. The third kappa shape index (κ3) is 1.57. The molecule has 2 heterocycles. The van der Waals surface area contributed by atoms with Gasteiger partial charge in [-0.1, -0.05) is 25.0 Å². The Labute approximate surface area is 157 Å². The van der Waals surface area contributed by atoms with Crippen molar-refractivity contribution in [3.63, 3.8) is 0 Å². The molecule has 0 aromatic heterocycles. The normalized spacial score (nSPS) is 54.3. The van der Waals surface area contributed by atoms with Crippen LogP contribution in [0, 0.1) is 40.4 Å². The van der Waals surface area contributed by atoms with Crippen LogP contribution < -0.4 is 0 Å². The van der Waals surface area contributed by atoms with E-state index in [0.717, 1.165) is 24.2 Å². The second-order valence-electron chi connectivity index (χ2n) is 10.7. The first kappa shape index (κ1) is 16.2. The molecule has 2 saturated heterocycles. The molecule has 0 aromatic carbocycles. The van der Waals surface area contributed by atoms with Gasteiger partial charge < -0.3 is 4.74 Å². The summed E-state index contributed by atoms with van der Waals surface area (Å²) in [4.78, 5) is 15.7. The van der Waals surface area contributed by atoms with Crippen molar-refractivity contribution in [2.24, 2.45) is 40.4 Å². The van der Waals surface area contributed by atoms with Gasteiger partial charge in [0.15, 0.2) is 0 Å². The van der Waals surface area contributed by atoms with Gasteiger partial charge in [0, 0.05) is 24.5 Å². The summed E-state index contributed by atoms with van der Waals surface area (Å²) in [6.45, 7) is 7.74. The Kier molecular flexibility index (Phi) is 3.08. The molecule has 0 radical (unpaired) electrons. The van der Waals surface area contributed by atoms with Crippen LogP contribution >= 0.6 is 0 Å². The van der Waals surface area contributed by atoms with Crippen molar-refractivity contribution >= 4 is 5.97 Å². The minimum Gasteiger partial charge on any atom is -0.469 e. The number of methoxy groups -OCH3 is 1. The number of nitrogens with zero attached hydrogens (tertiary/aromatic N) is 1. The van der Waals surface area contributed by atoms with Crippen molar-refractivity contribution in [2.75, 3.05) is 20.2 Å². The highest BCUT2D eigenvalue weighted by Crippen LogP contribution is 2.76. The van der Waals surface area contributed by atoms with Gasteiger partial charge >= 0.3 is 5.97 Å². The molecular weight excluding hydrogens is 322 g/mol. The lowest BCUT2D eigenvalue weighted by Gasteiger charge is -2.65. The molecule has 8 atom stereocenters. The molecule has 4 aliphatic carbocycles. The summed E-state index contributed by atoms with van der Waals surface area (Å²) in [5.41, 5.74) is 4.25. The Morgan fingerprint density at radius 1 is 1.19 bits per heavy atom. The van der Waals surface area contributed by atoms with Gasteiger partial charge in [-0.15, -0.1) is 0 Å². The first-order valence-electron chi connectivity index (χ1n) is 11.1. The van der Waals surface area contributed by atoms with Crippen LogP contribution in [0.2, 0.25) is 0 Å². The third-order valence-corrected chi connectivity index (χ3v) is 10.2. The molecule has 142 valence electrons. The predicted octanol–water partition coefficient (Wildman–Crippen LogP) is 4.03. The molecule has 3 heteroatoms. The van der Waals surface area contributed by atoms with Crippen molar-refractivity contribution in [2.45, 2.75) is 64.8 Å². The lowest BCUT2D eigenvalue weighted by atomic mass is 9.44. The first-order chi connectivity index (χ1) is 12.5. The molecule has 6 rings (SSSR count). The number of piperidine rings is 1. The molecule has 0 aromatic rings. The maximum Gasteiger partial charge on any atom is 0.309 e. The van der Waals surface area contributed by atoms with Gasteiger partial charge in [0.1, 0.15) is 0 Å². The summed E-state index contributed by atoms with van der Waals surface area (Å²) >= 11 is 0. The zero-order valence-electron chi connectivity index (χ0n) is 16.6. The topological polar surface area (TPSA) is 29.5 Å². The minimum absolute atomic E-state index is 0.0744. The van der Waals surface area contributed by atoms with Crippen LogP contribution in [0.1, 0.15) is 58.8 Å². The SMILES string of the molecule is COC(=O)[C@@H]1C[C@@]23C4=C(CC[C@@H]5CN6C[C@@H](C)[C@@H](CC[C@@]52C)[C@H]63)CC[C@@H]41. The zero-order chi connectivity index (χ0) is 17.8. The van der Waals surface area contributed by atoms with Crippen LogP contribution in [0.3, 0.4) is 0 Å². The Hall–Kier alpha value is -0.830. The second kappa shape index (κ2) is 4.96. The second-order valence-corrected chi connectivity index (χ2v) is 10.7. The standard InChI is InChI=1S/C23H33NO2/c1-13-11-24-12-15-6-4-14-5-7-17-18(21(25)26-3)10-23(19(14)17)20(24)16(13)8-9-22(15,23)2/h13,15-18,20H,4-12H2,1-3H3/t13-,15-,16-,17-,18-,20+,22+,23+/m1/s1. The van der Waals surface area contributed by atoms with E-state index in [2.05, 4.69) is 18.7 Å². The molecular formula is C23H33NO2. The number of carbonyl (C=O) groups is 1. The van der Waals surface area contributed by atoms with Crippen LogP contribution in [-0.4, -0.2) is 37.1 Å². The number of ether oxygens (including phenoxy) is 1. The van der Waals surface area contributed by atoms with Crippen LogP contribution in [0.15, 0.2) is 11.1 Å². The molecule has 1 spiro atoms. The quantitative estimate of drug-likeness (QED) is 0.525. The van der Waals surface area contributed by atoms with Gasteiger partial charge in [-0.2, -0.15) is 0 Å². The lowest BCUT2D eigenvalue weighted by molar-refractivity contribution is -0.154. The monoisotopic (exact) mass is 355 g/mol. The van der Waals surface area contributed by atoms with E-state index in [9.17, 15) is 4.79 Å². The summed E-state index contributed by atoms with van der Waals surface area (Å²) in [5, 5.41) is 0. The summed E-state index contributed by atoms with van der Waals surface area (Å²) in [5.74, 6) is 3.16. The summed E-state index contributed by atoms with van der Waals surface area (Å²) in [6, 6.07) is 0.700. The average Bonchev–Trinajstić information content (AvgIpc) is 3.26. The van der Waals surface area contributed by atoms with E-state index in [1.165, 1.54) is 51.6 Å². The molecule has 0 amide bonds. The van der Waals surface area contributed by atoms with E-state index >= 15 is 0 Å². The molecule has 0 unspecified atom stereocenters. The van der Waals surface area contributed by atoms with E-state index in [4.69, 9.17) is 4.74 Å². The fourth-order valence-electron chi connectivity index (χ4n) is 9.35. The fraction of sp³-hybridized carbons (Fsp3) is 0.870. The van der Waals surface area contributed by atoms with Gasteiger partial charge in [0.05, 0.1) is 13.0 Å². The van der Waals surface area contributed by atoms with Gasteiger partial charge in [-0.05, 0) is 74.0 Å². The van der Waals surface area contributed by atoms with Crippen molar-refractivity contribution in [3.05, 3.63) is 11.1 Å². The average molecular weight is 356 g/mol. The third-order valence-electron chi connectivity index (χ3n) is 10.2. The Morgan fingerprint density at radius 2 is 2.00 bits per heavy atom. The van der Waals surface area contributed by atoms with Gasteiger partial charge in [0.2, 0.25) is 0 Å². The molecule has 3 nitrogen and oxygen atoms in total. The smallest absolute Gasteiger partial charge is 0.309 e. The van der Waals surface area contributed by atoms with Crippen molar-refractivity contribution in [1.29, 1.82) is 0 Å². The molecule has 2 aliphatic heterocycles. The Bertz CT molecular complexity index is 713. The van der Waals surface area contributed by atoms with E-state index in [1.54, 1.807) is 18.3 Å². The largest absolute Gasteiger partial charge is 0.469 e. The predicted molar refractivity (Wildman–Crippen MR) is 100 cm³/mol. The minimum atomic E-state index is 0.0744. The van der Waals surface area contributed by atoms with Crippen molar-refractivity contribution < 1.29 is 9.53 Å². The highest BCUT2D eigenvalue weighted by atomic mass is 16.5. The van der Waals surface area contributed by atoms with Crippen LogP contribution in [0.4, 0.5) is 0 Å². The summed E-state index contributed by atoms with van der Waals surface area (Å²) < 4.78 is 5.33. The van der Waals surface area contributed by atoms with Gasteiger partial charge in [-0.3, -0.25) is 9.69 Å². The van der Waals surface area contributed by atoms with Crippen LogP contribution in [0.25, 0.3) is 0 Å².